The highest BCUT2D eigenvalue weighted by atomic mass is 32.2. The van der Waals surface area contributed by atoms with Crippen molar-refractivity contribution >= 4 is 29.3 Å². The molecule has 0 aliphatic rings. The topological polar surface area (TPSA) is 90.2 Å². The van der Waals surface area contributed by atoms with Crippen molar-refractivity contribution in [3.63, 3.8) is 0 Å². The maximum atomic E-state index is 11.5. The Labute approximate surface area is 109 Å². The lowest BCUT2D eigenvalue weighted by Gasteiger charge is -2.07. The van der Waals surface area contributed by atoms with Crippen LogP contribution in [0.15, 0.2) is 24.3 Å². The van der Waals surface area contributed by atoms with E-state index in [1.54, 1.807) is 24.3 Å². The van der Waals surface area contributed by atoms with Gasteiger partial charge in [-0.3, -0.25) is 9.59 Å². The number of nitriles is 1. The number of carbonyl (C=O) groups excluding carboxylic acids is 1. The van der Waals surface area contributed by atoms with Crippen LogP contribution in [0.1, 0.15) is 12.5 Å². The molecule has 5 nitrogen and oxygen atoms in total. The molecule has 1 aromatic carbocycles. The lowest BCUT2D eigenvalue weighted by Crippen LogP contribution is -2.19. The molecule has 1 rings (SSSR count). The predicted molar refractivity (Wildman–Crippen MR) is 69.3 cm³/mol. The molecule has 0 aliphatic carbocycles. The molecule has 1 amide bonds. The van der Waals surface area contributed by atoms with Crippen LogP contribution in [0.5, 0.6) is 0 Å². The van der Waals surface area contributed by atoms with Crippen molar-refractivity contribution in [3.05, 3.63) is 29.8 Å². The van der Waals surface area contributed by atoms with Gasteiger partial charge in [0.2, 0.25) is 5.91 Å². The fourth-order valence-corrected chi connectivity index (χ4v) is 1.75. The number of nitrogens with zero attached hydrogens (tertiary/aromatic N) is 1. The Morgan fingerprint density at radius 3 is 2.89 bits per heavy atom. The van der Waals surface area contributed by atoms with Gasteiger partial charge in [-0.2, -0.15) is 5.26 Å². The average molecular weight is 264 g/mol. The maximum Gasteiger partial charge on any atom is 0.316 e. The minimum Gasteiger partial charge on any atom is -0.480 e. The van der Waals surface area contributed by atoms with E-state index >= 15 is 0 Å². The van der Waals surface area contributed by atoms with E-state index in [4.69, 9.17) is 10.4 Å². The Bertz CT molecular complexity index is 496. The Kier molecular flexibility index (Phi) is 5.21. The Hall–Kier alpha value is -2.00. The van der Waals surface area contributed by atoms with Crippen LogP contribution in [-0.4, -0.2) is 28.0 Å². The summed E-state index contributed by atoms with van der Waals surface area (Å²) in [4.78, 5) is 22.1. The fourth-order valence-electron chi connectivity index (χ4n) is 1.14. The molecule has 0 aromatic heterocycles. The van der Waals surface area contributed by atoms with Gasteiger partial charge in [0.15, 0.2) is 0 Å². The number of benzene rings is 1. The second-order valence-electron chi connectivity index (χ2n) is 3.53. The lowest BCUT2D eigenvalue weighted by molar-refractivity contribution is -0.136. The second-order valence-corrected chi connectivity index (χ2v) is 4.86. The molecule has 1 aromatic rings. The van der Waals surface area contributed by atoms with Crippen LogP contribution in [0, 0.1) is 11.3 Å². The first-order valence-electron chi connectivity index (χ1n) is 5.17. The summed E-state index contributed by atoms with van der Waals surface area (Å²) in [7, 11) is 0. The van der Waals surface area contributed by atoms with Gasteiger partial charge in [0.1, 0.15) is 0 Å². The molecule has 0 bridgehead atoms. The molecule has 6 heteroatoms. The molecule has 0 saturated carbocycles. The first kappa shape index (κ1) is 14.1. The smallest absolute Gasteiger partial charge is 0.316 e. The molecular formula is C12H12N2O3S. The van der Waals surface area contributed by atoms with Crippen LogP contribution < -0.4 is 5.32 Å². The third kappa shape index (κ3) is 4.47. The highest BCUT2D eigenvalue weighted by molar-refractivity contribution is 8.01. The molecule has 0 fully saturated rings. The zero-order valence-corrected chi connectivity index (χ0v) is 10.5. The molecule has 0 saturated heterocycles. The summed E-state index contributed by atoms with van der Waals surface area (Å²) in [6, 6.07) is 8.50. The molecule has 0 spiro atoms. The third-order valence-corrected chi connectivity index (χ3v) is 3.22. The monoisotopic (exact) mass is 264 g/mol. The lowest BCUT2D eigenvalue weighted by atomic mass is 10.2. The van der Waals surface area contributed by atoms with E-state index in [-0.39, 0.29) is 11.7 Å². The van der Waals surface area contributed by atoms with Crippen molar-refractivity contribution in [2.75, 3.05) is 11.1 Å². The van der Waals surface area contributed by atoms with Gasteiger partial charge in [0.25, 0.3) is 0 Å². The normalized spacial score (nSPS) is 11.3. The summed E-state index contributed by atoms with van der Waals surface area (Å²) in [5.41, 5.74) is 0.988. The number of carboxylic acid groups (broad SMARTS) is 1. The van der Waals surface area contributed by atoms with E-state index in [1.807, 2.05) is 6.07 Å². The van der Waals surface area contributed by atoms with Crippen molar-refractivity contribution in [1.29, 1.82) is 5.26 Å². The fraction of sp³-hybridized carbons (Fsp3) is 0.250. The van der Waals surface area contributed by atoms with Gasteiger partial charge < -0.3 is 10.4 Å². The molecule has 0 radical (unpaired) electrons. The van der Waals surface area contributed by atoms with Crippen molar-refractivity contribution in [3.8, 4) is 6.07 Å². The molecule has 0 heterocycles. The number of hydrogen-bond acceptors (Lipinski definition) is 4. The second kappa shape index (κ2) is 6.67. The minimum atomic E-state index is -0.945. The molecule has 2 N–H and O–H groups in total. The number of carbonyl (C=O) groups is 2. The number of rotatable bonds is 5. The molecular weight excluding hydrogens is 252 g/mol. The van der Waals surface area contributed by atoms with Gasteiger partial charge in [0.05, 0.1) is 22.6 Å². The molecule has 1 unspecified atom stereocenters. The van der Waals surface area contributed by atoms with E-state index in [2.05, 4.69) is 5.32 Å². The average Bonchev–Trinajstić information content (AvgIpc) is 2.36. The van der Waals surface area contributed by atoms with Crippen LogP contribution in [-0.2, 0) is 9.59 Å². The van der Waals surface area contributed by atoms with Gasteiger partial charge in [-0.15, -0.1) is 11.8 Å². The Morgan fingerprint density at radius 1 is 1.56 bits per heavy atom. The van der Waals surface area contributed by atoms with Crippen molar-refractivity contribution in [2.24, 2.45) is 0 Å². The first-order chi connectivity index (χ1) is 8.52. The largest absolute Gasteiger partial charge is 0.480 e. The van der Waals surface area contributed by atoms with Gasteiger partial charge in [-0.25, -0.2) is 0 Å². The van der Waals surface area contributed by atoms with E-state index < -0.39 is 11.2 Å². The van der Waals surface area contributed by atoms with E-state index in [0.29, 0.717) is 11.3 Å². The van der Waals surface area contributed by atoms with Crippen LogP contribution in [0.3, 0.4) is 0 Å². The quantitative estimate of drug-likeness (QED) is 0.844. The standard InChI is InChI=1S/C12H12N2O3S/c1-8(12(16)17)18-7-11(15)14-10-4-2-3-9(5-10)6-13/h2-5,8H,7H2,1H3,(H,14,15)(H,16,17). The third-order valence-electron chi connectivity index (χ3n) is 2.09. The zero-order valence-electron chi connectivity index (χ0n) is 9.71. The summed E-state index contributed by atoms with van der Waals surface area (Å²) < 4.78 is 0. The summed E-state index contributed by atoms with van der Waals surface area (Å²) in [6.07, 6.45) is 0. The van der Waals surface area contributed by atoms with Gasteiger partial charge in [0, 0.05) is 5.69 Å². The van der Waals surface area contributed by atoms with E-state index in [1.165, 1.54) is 6.92 Å². The maximum absolute atomic E-state index is 11.5. The Balaban J connectivity index is 2.50. The number of amides is 1. The number of thioether (sulfide) groups is 1. The molecule has 94 valence electrons. The number of carboxylic acids is 1. The summed E-state index contributed by atoms with van der Waals surface area (Å²) in [5.74, 6) is -1.17. The summed E-state index contributed by atoms with van der Waals surface area (Å²) >= 11 is 1.05. The molecule has 18 heavy (non-hydrogen) atoms. The van der Waals surface area contributed by atoms with Crippen molar-refractivity contribution in [2.45, 2.75) is 12.2 Å². The summed E-state index contributed by atoms with van der Waals surface area (Å²) in [6.45, 7) is 1.52. The highest BCUT2D eigenvalue weighted by Crippen LogP contribution is 2.13. The summed E-state index contributed by atoms with van der Waals surface area (Å²) in [5, 5.41) is 19.3. The molecule has 0 aliphatic heterocycles. The number of hydrogen-bond donors (Lipinski definition) is 2. The molecule has 1 atom stereocenters. The van der Waals surface area contributed by atoms with Crippen molar-refractivity contribution in [1.82, 2.24) is 0 Å². The van der Waals surface area contributed by atoms with Crippen molar-refractivity contribution < 1.29 is 14.7 Å². The first-order valence-corrected chi connectivity index (χ1v) is 6.22. The zero-order chi connectivity index (χ0) is 13.5. The minimum absolute atomic E-state index is 0.0598. The van der Waals surface area contributed by atoms with Gasteiger partial charge in [-0.05, 0) is 25.1 Å². The van der Waals surface area contributed by atoms with Crippen LogP contribution >= 0.6 is 11.8 Å². The van der Waals surface area contributed by atoms with E-state index in [9.17, 15) is 9.59 Å². The number of nitrogens with one attached hydrogen (secondary N) is 1. The van der Waals surface area contributed by atoms with E-state index in [0.717, 1.165) is 11.8 Å². The number of anilines is 1. The van der Waals surface area contributed by atoms with Gasteiger partial charge >= 0.3 is 5.97 Å². The van der Waals surface area contributed by atoms with Gasteiger partial charge in [-0.1, -0.05) is 6.07 Å². The Morgan fingerprint density at radius 2 is 2.28 bits per heavy atom. The predicted octanol–water partition coefficient (Wildman–Crippen LogP) is 1.70. The van der Waals surface area contributed by atoms with Crippen LogP contribution in [0.25, 0.3) is 0 Å². The highest BCUT2D eigenvalue weighted by Gasteiger charge is 2.13. The van der Waals surface area contributed by atoms with Crippen LogP contribution in [0.4, 0.5) is 5.69 Å². The SMILES string of the molecule is CC(SCC(=O)Nc1cccc(C#N)c1)C(=O)O. The van der Waals surface area contributed by atoms with Crippen LogP contribution in [0.2, 0.25) is 0 Å². The number of aliphatic carboxylic acids is 1.